The van der Waals surface area contributed by atoms with Gasteiger partial charge in [-0.25, -0.2) is 4.79 Å². The van der Waals surface area contributed by atoms with Crippen molar-refractivity contribution in [2.24, 2.45) is 0 Å². The highest BCUT2D eigenvalue weighted by atomic mass is 16.5. The smallest absolute Gasteiger partial charge is 0.335 e. The molecule has 0 bridgehead atoms. The molecule has 0 atom stereocenters. The lowest BCUT2D eigenvalue weighted by Crippen LogP contribution is -2.36. The van der Waals surface area contributed by atoms with E-state index in [2.05, 4.69) is 5.32 Å². The fraction of sp³-hybridized carbons (Fsp3) is 0.632. The van der Waals surface area contributed by atoms with E-state index in [0.717, 1.165) is 24.9 Å². The van der Waals surface area contributed by atoms with Crippen LogP contribution in [0.25, 0.3) is 0 Å². The summed E-state index contributed by atoms with van der Waals surface area (Å²) in [6.45, 7) is 0.804. The quantitative estimate of drug-likeness (QED) is 0.839. The van der Waals surface area contributed by atoms with Crippen LogP contribution in [0.4, 0.5) is 0 Å². The Morgan fingerprint density at radius 2 is 1.61 bits per heavy atom. The standard InChI is InChI=1S/C19H27NO3/c21-19(22)15-7-5-14(6-8-15)13-20-16-9-11-18(12-10-16)23-17-3-1-2-4-17/h5-8,16-18,20H,1-4,9-13H2,(H,21,22). The van der Waals surface area contributed by atoms with Crippen molar-refractivity contribution in [3.8, 4) is 0 Å². The van der Waals surface area contributed by atoms with Crippen molar-refractivity contribution < 1.29 is 14.6 Å². The molecule has 2 N–H and O–H groups in total. The van der Waals surface area contributed by atoms with Crippen LogP contribution in [-0.4, -0.2) is 29.3 Å². The molecule has 0 spiro atoms. The zero-order valence-corrected chi connectivity index (χ0v) is 13.7. The number of hydrogen-bond acceptors (Lipinski definition) is 3. The molecule has 3 rings (SSSR count). The van der Waals surface area contributed by atoms with Crippen molar-refractivity contribution in [1.82, 2.24) is 5.32 Å². The summed E-state index contributed by atoms with van der Waals surface area (Å²) in [5.41, 5.74) is 1.48. The monoisotopic (exact) mass is 317 g/mol. The number of carbonyl (C=O) groups is 1. The molecule has 126 valence electrons. The summed E-state index contributed by atoms with van der Waals surface area (Å²) >= 11 is 0. The van der Waals surface area contributed by atoms with E-state index in [4.69, 9.17) is 9.84 Å². The van der Waals surface area contributed by atoms with E-state index in [1.54, 1.807) is 12.1 Å². The first kappa shape index (κ1) is 16.5. The van der Waals surface area contributed by atoms with Crippen molar-refractivity contribution in [2.45, 2.75) is 76.2 Å². The number of carboxylic acid groups (broad SMARTS) is 1. The van der Waals surface area contributed by atoms with E-state index >= 15 is 0 Å². The van der Waals surface area contributed by atoms with Gasteiger partial charge in [0.2, 0.25) is 0 Å². The van der Waals surface area contributed by atoms with Crippen LogP contribution in [-0.2, 0) is 11.3 Å². The van der Waals surface area contributed by atoms with E-state index in [1.165, 1.54) is 38.5 Å². The first-order valence-electron chi connectivity index (χ1n) is 8.92. The Kier molecular flexibility index (Phi) is 5.68. The van der Waals surface area contributed by atoms with E-state index in [9.17, 15) is 4.79 Å². The Morgan fingerprint density at radius 3 is 2.22 bits per heavy atom. The lowest BCUT2D eigenvalue weighted by Gasteiger charge is -2.31. The fourth-order valence-electron chi connectivity index (χ4n) is 3.73. The number of rotatable bonds is 6. The highest BCUT2D eigenvalue weighted by Gasteiger charge is 2.25. The topological polar surface area (TPSA) is 58.6 Å². The minimum absolute atomic E-state index is 0.346. The van der Waals surface area contributed by atoms with Crippen molar-refractivity contribution in [2.75, 3.05) is 0 Å². The molecule has 1 aromatic carbocycles. The maximum Gasteiger partial charge on any atom is 0.335 e. The molecular formula is C19H27NO3. The fourth-order valence-corrected chi connectivity index (χ4v) is 3.73. The Labute approximate surface area is 138 Å². The number of nitrogens with one attached hydrogen (secondary N) is 1. The van der Waals surface area contributed by atoms with Gasteiger partial charge in [-0.1, -0.05) is 25.0 Å². The minimum Gasteiger partial charge on any atom is -0.478 e. The third-order valence-electron chi connectivity index (χ3n) is 5.16. The van der Waals surface area contributed by atoms with Gasteiger partial charge in [-0.2, -0.15) is 0 Å². The molecule has 1 aromatic rings. The number of ether oxygens (including phenoxy) is 1. The normalized spacial score (nSPS) is 25.6. The average molecular weight is 317 g/mol. The lowest BCUT2D eigenvalue weighted by atomic mass is 9.92. The molecule has 0 unspecified atom stereocenters. The summed E-state index contributed by atoms with van der Waals surface area (Å²) in [5.74, 6) is -0.870. The Bertz CT molecular complexity index is 500. The summed E-state index contributed by atoms with van der Waals surface area (Å²) in [6.07, 6.45) is 10.8. The largest absolute Gasteiger partial charge is 0.478 e. The Morgan fingerprint density at radius 1 is 1.00 bits per heavy atom. The molecule has 2 aliphatic carbocycles. The summed E-state index contributed by atoms with van der Waals surface area (Å²) in [4.78, 5) is 10.8. The van der Waals surface area contributed by atoms with Crippen molar-refractivity contribution >= 4 is 5.97 Å². The molecule has 0 radical (unpaired) electrons. The number of carboxylic acids is 1. The molecular weight excluding hydrogens is 290 g/mol. The average Bonchev–Trinajstić information content (AvgIpc) is 3.07. The summed E-state index contributed by atoms with van der Waals surface area (Å²) in [5, 5.41) is 12.5. The summed E-state index contributed by atoms with van der Waals surface area (Å²) < 4.78 is 6.22. The van der Waals surface area contributed by atoms with Crippen LogP contribution >= 0.6 is 0 Å². The van der Waals surface area contributed by atoms with Gasteiger partial charge >= 0.3 is 5.97 Å². The predicted octanol–water partition coefficient (Wildman–Crippen LogP) is 3.74. The molecule has 2 aliphatic rings. The SMILES string of the molecule is O=C(O)c1ccc(CNC2CCC(OC3CCCC3)CC2)cc1. The van der Waals surface area contributed by atoms with Gasteiger partial charge in [0.05, 0.1) is 17.8 Å². The zero-order valence-electron chi connectivity index (χ0n) is 13.7. The number of benzene rings is 1. The second-order valence-electron chi connectivity index (χ2n) is 6.90. The lowest BCUT2D eigenvalue weighted by molar-refractivity contribution is -0.0297. The molecule has 4 nitrogen and oxygen atoms in total. The maximum absolute atomic E-state index is 10.8. The summed E-state index contributed by atoms with van der Waals surface area (Å²) in [6, 6.07) is 7.69. The third kappa shape index (κ3) is 4.79. The van der Waals surface area contributed by atoms with E-state index in [1.807, 2.05) is 12.1 Å². The van der Waals surface area contributed by atoms with Gasteiger partial charge < -0.3 is 15.2 Å². The Balaban J connectivity index is 1.37. The molecule has 0 aliphatic heterocycles. The van der Waals surface area contributed by atoms with E-state index in [-0.39, 0.29) is 0 Å². The van der Waals surface area contributed by atoms with Crippen LogP contribution in [0, 0.1) is 0 Å². The molecule has 0 aromatic heterocycles. The molecule has 0 amide bonds. The van der Waals surface area contributed by atoms with Crippen molar-refractivity contribution in [1.29, 1.82) is 0 Å². The van der Waals surface area contributed by atoms with Gasteiger partial charge in [0.25, 0.3) is 0 Å². The number of aromatic carboxylic acids is 1. The van der Waals surface area contributed by atoms with Crippen LogP contribution in [0.15, 0.2) is 24.3 Å². The van der Waals surface area contributed by atoms with Crippen molar-refractivity contribution in [3.05, 3.63) is 35.4 Å². The second kappa shape index (κ2) is 7.93. The van der Waals surface area contributed by atoms with Gasteiger partial charge in [-0.3, -0.25) is 0 Å². The van der Waals surface area contributed by atoms with Gasteiger partial charge in [-0.05, 0) is 56.2 Å². The highest BCUT2D eigenvalue weighted by Crippen LogP contribution is 2.28. The van der Waals surface area contributed by atoms with Gasteiger partial charge in [0.1, 0.15) is 0 Å². The third-order valence-corrected chi connectivity index (χ3v) is 5.16. The van der Waals surface area contributed by atoms with Gasteiger partial charge in [0, 0.05) is 12.6 Å². The minimum atomic E-state index is -0.870. The molecule has 4 heteroatoms. The predicted molar refractivity (Wildman–Crippen MR) is 89.6 cm³/mol. The van der Waals surface area contributed by atoms with Gasteiger partial charge in [0.15, 0.2) is 0 Å². The highest BCUT2D eigenvalue weighted by molar-refractivity contribution is 5.87. The zero-order chi connectivity index (χ0) is 16.1. The second-order valence-corrected chi connectivity index (χ2v) is 6.90. The Hall–Kier alpha value is -1.39. The molecule has 0 saturated heterocycles. The molecule has 0 heterocycles. The van der Waals surface area contributed by atoms with Crippen LogP contribution in [0.1, 0.15) is 67.3 Å². The van der Waals surface area contributed by atoms with E-state index < -0.39 is 5.97 Å². The van der Waals surface area contributed by atoms with E-state index in [0.29, 0.717) is 23.8 Å². The van der Waals surface area contributed by atoms with Crippen LogP contribution < -0.4 is 5.32 Å². The van der Waals surface area contributed by atoms with Gasteiger partial charge in [-0.15, -0.1) is 0 Å². The molecule has 2 fully saturated rings. The molecule has 23 heavy (non-hydrogen) atoms. The molecule has 2 saturated carbocycles. The van der Waals surface area contributed by atoms with Crippen molar-refractivity contribution in [3.63, 3.8) is 0 Å². The van der Waals surface area contributed by atoms with Crippen LogP contribution in [0.5, 0.6) is 0 Å². The maximum atomic E-state index is 10.8. The first-order valence-corrected chi connectivity index (χ1v) is 8.92. The summed E-state index contributed by atoms with van der Waals surface area (Å²) in [7, 11) is 0. The first-order chi connectivity index (χ1) is 11.2. The van der Waals surface area contributed by atoms with Crippen LogP contribution in [0.2, 0.25) is 0 Å². The van der Waals surface area contributed by atoms with Crippen LogP contribution in [0.3, 0.4) is 0 Å². The number of hydrogen-bond donors (Lipinski definition) is 2.